The maximum Gasteiger partial charge on any atom is 0.143 e. The van der Waals surface area contributed by atoms with Crippen molar-refractivity contribution in [3.63, 3.8) is 0 Å². The first-order valence-electron chi connectivity index (χ1n) is 4.93. The predicted molar refractivity (Wildman–Crippen MR) is 67.4 cm³/mol. The number of oxime groups is 1. The van der Waals surface area contributed by atoms with Crippen molar-refractivity contribution in [1.82, 2.24) is 0 Å². The van der Waals surface area contributed by atoms with Crippen LogP contribution in [0.3, 0.4) is 0 Å². The van der Waals surface area contributed by atoms with Crippen molar-refractivity contribution in [3.8, 4) is 5.75 Å². The summed E-state index contributed by atoms with van der Waals surface area (Å²) in [5.41, 5.74) is 6.40. The van der Waals surface area contributed by atoms with E-state index >= 15 is 0 Å². The molecule has 0 aliphatic rings. The van der Waals surface area contributed by atoms with Crippen LogP contribution in [0.5, 0.6) is 5.75 Å². The first kappa shape index (κ1) is 12.7. The van der Waals surface area contributed by atoms with Crippen molar-refractivity contribution in [2.24, 2.45) is 10.9 Å². The van der Waals surface area contributed by atoms with Gasteiger partial charge in [0, 0.05) is 12.2 Å². The molecule has 0 saturated heterocycles. The highest BCUT2D eigenvalue weighted by atomic mass is 32.2. The average Bonchev–Trinajstić information content (AvgIpc) is 2.31. The molecule has 0 fully saturated rings. The van der Waals surface area contributed by atoms with Crippen molar-refractivity contribution in [3.05, 3.63) is 29.8 Å². The van der Waals surface area contributed by atoms with E-state index in [-0.39, 0.29) is 5.84 Å². The van der Waals surface area contributed by atoms with Gasteiger partial charge in [0.25, 0.3) is 0 Å². The lowest BCUT2D eigenvalue weighted by molar-refractivity contribution is 0.317. The number of benzene rings is 1. The zero-order chi connectivity index (χ0) is 11.8. The first-order chi connectivity index (χ1) is 7.76. The van der Waals surface area contributed by atoms with Crippen LogP contribution >= 0.6 is 11.8 Å². The highest BCUT2D eigenvalue weighted by Crippen LogP contribution is 2.12. The molecule has 0 unspecified atom stereocenters. The number of rotatable bonds is 6. The van der Waals surface area contributed by atoms with Gasteiger partial charge in [0.15, 0.2) is 0 Å². The van der Waals surface area contributed by atoms with Gasteiger partial charge in [-0.3, -0.25) is 0 Å². The highest BCUT2D eigenvalue weighted by molar-refractivity contribution is 7.98. The lowest BCUT2D eigenvalue weighted by Gasteiger charge is -2.06. The van der Waals surface area contributed by atoms with Gasteiger partial charge < -0.3 is 15.7 Å². The summed E-state index contributed by atoms with van der Waals surface area (Å²) < 4.78 is 5.50. The minimum absolute atomic E-state index is 0.205. The molecule has 4 nitrogen and oxygen atoms in total. The lowest BCUT2D eigenvalue weighted by atomic mass is 10.1. The average molecular weight is 240 g/mol. The molecule has 0 aliphatic carbocycles. The third-order valence-electron chi connectivity index (χ3n) is 1.99. The van der Waals surface area contributed by atoms with Crippen LogP contribution in [-0.2, 0) is 6.42 Å². The fourth-order valence-corrected chi connectivity index (χ4v) is 1.44. The third-order valence-corrected chi connectivity index (χ3v) is 2.57. The predicted octanol–water partition coefficient (Wildman–Crippen LogP) is 1.72. The summed E-state index contributed by atoms with van der Waals surface area (Å²) in [6.07, 6.45) is 2.49. The molecule has 88 valence electrons. The Morgan fingerprint density at radius 2 is 2.12 bits per heavy atom. The van der Waals surface area contributed by atoms with E-state index in [1.165, 1.54) is 0 Å². The van der Waals surface area contributed by atoms with Crippen molar-refractivity contribution in [2.75, 3.05) is 18.6 Å². The van der Waals surface area contributed by atoms with Gasteiger partial charge in [-0.2, -0.15) is 11.8 Å². The largest absolute Gasteiger partial charge is 0.493 e. The van der Waals surface area contributed by atoms with E-state index in [1.54, 1.807) is 11.8 Å². The molecule has 0 atom stereocenters. The van der Waals surface area contributed by atoms with Crippen LogP contribution in [0.15, 0.2) is 29.4 Å². The van der Waals surface area contributed by atoms with Gasteiger partial charge >= 0.3 is 0 Å². The monoisotopic (exact) mass is 240 g/mol. The molecule has 5 heteroatoms. The quantitative estimate of drug-likeness (QED) is 0.261. The van der Waals surface area contributed by atoms with Crippen molar-refractivity contribution in [2.45, 2.75) is 6.42 Å². The number of hydrogen-bond acceptors (Lipinski definition) is 4. The molecule has 0 aliphatic heterocycles. The molecule has 0 saturated carbocycles. The van der Waals surface area contributed by atoms with Crippen molar-refractivity contribution >= 4 is 17.6 Å². The molecule has 1 rings (SSSR count). The number of nitrogens with two attached hydrogens (primary N) is 1. The second-order valence-electron chi connectivity index (χ2n) is 3.25. The van der Waals surface area contributed by atoms with Crippen LogP contribution in [0.25, 0.3) is 0 Å². The normalized spacial score (nSPS) is 11.4. The molecule has 1 aromatic rings. The topological polar surface area (TPSA) is 67.8 Å². The van der Waals surface area contributed by atoms with Crippen LogP contribution in [0.4, 0.5) is 0 Å². The maximum atomic E-state index is 8.43. The molecule has 0 aromatic heterocycles. The zero-order valence-electron chi connectivity index (χ0n) is 9.22. The van der Waals surface area contributed by atoms with E-state index < -0.39 is 0 Å². The number of ether oxygens (including phenoxy) is 1. The van der Waals surface area contributed by atoms with Gasteiger partial charge in [0.2, 0.25) is 0 Å². The summed E-state index contributed by atoms with van der Waals surface area (Å²) in [4.78, 5) is 0. The van der Waals surface area contributed by atoms with Crippen LogP contribution < -0.4 is 10.5 Å². The first-order valence-corrected chi connectivity index (χ1v) is 6.32. The van der Waals surface area contributed by atoms with E-state index in [1.807, 2.05) is 30.5 Å². The van der Waals surface area contributed by atoms with Gasteiger partial charge in [-0.1, -0.05) is 17.3 Å². The Kier molecular flexibility index (Phi) is 5.56. The van der Waals surface area contributed by atoms with E-state index in [4.69, 9.17) is 15.7 Å². The van der Waals surface area contributed by atoms with E-state index in [0.717, 1.165) is 17.1 Å². The molecular formula is C11H16N2O2S. The Morgan fingerprint density at radius 3 is 2.69 bits per heavy atom. The molecule has 1 aromatic carbocycles. The molecule has 0 spiro atoms. The second-order valence-corrected chi connectivity index (χ2v) is 4.24. The standard InChI is InChI=1S/C11H16N2O2S/c1-16-7-6-15-10-4-2-9(3-5-10)8-11(12)13-14/h2-5,14H,6-8H2,1H3,(H2,12,13). The van der Waals surface area contributed by atoms with Crippen LogP contribution in [-0.4, -0.2) is 29.7 Å². The smallest absolute Gasteiger partial charge is 0.143 e. The van der Waals surface area contributed by atoms with Gasteiger partial charge in [-0.25, -0.2) is 0 Å². The minimum atomic E-state index is 0.205. The zero-order valence-corrected chi connectivity index (χ0v) is 10.0. The maximum absolute atomic E-state index is 8.43. The van der Waals surface area contributed by atoms with Crippen molar-refractivity contribution < 1.29 is 9.94 Å². The Hall–Kier alpha value is -1.36. The molecule has 0 heterocycles. The van der Waals surface area contributed by atoms with Crippen molar-refractivity contribution in [1.29, 1.82) is 0 Å². The van der Waals surface area contributed by atoms with Gasteiger partial charge in [0.1, 0.15) is 11.6 Å². The van der Waals surface area contributed by atoms with Gasteiger partial charge in [0.05, 0.1) is 6.61 Å². The SMILES string of the molecule is CSCCOc1ccc(C/C(N)=N/O)cc1. The summed E-state index contributed by atoms with van der Waals surface area (Å²) in [6, 6.07) is 7.60. The van der Waals surface area contributed by atoms with Gasteiger partial charge in [-0.15, -0.1) is 0 Å². The molecule has 16 heavy (non-hydrogen) atoms. The summed E-state index contributed by atoms with van der Waals surface area (Å²) in [5, 5.41) is 11.4. The number of amidine groups is 1. The fourth-order valence-electron chi connectivity index (χ4n) is 1.19. The molecule has 0 bridgehead atoms. The van der Waals surface area contributed by atoms with Crippen LogP contribution in [0, 0.1) is 0 Å². The molecule has 3 N–H and O–H groups in total. The van der Waals surface area contributed by atoms with E-state index in [9.17, 15) is 0 Å². The Balaban J connectivity index is 2.47. The second kappa shape index (κ2) is 7.00. The van der Waals surface area contributed by atoms with Crippen LogP contribution in [0.1, 0.15) is 5.56 Å². The summed E-state index contributed by atoms with van der Waals surface area (Å²) in [5.74, 6) is 2.03. The summed E-state index contributed by atoms with van der Waals surface area (Å²) in [7, 11) is 0. The molecule has 0 amide bonds. The van der Waals surface area contributed by atoms with E-state index in [0.29, 0.717) is 13.0 Å². The fraction of sp³-hybridized carbons (Fsp3) is 0.364. The molecular weight excluding hydrogens is 224 g/mol. The summed E-state index contributed by atoms with van der Waals surface area (Å²) >= 11 is 1.75. The third kappa shape index (κ3) is 4.44. The highest BCUT2D eigenvalue weighted by Gasteiger charge is 1.98. The Morgan fingerprint density at radius 1 is 1.44 bits per heavy atom. The number of hydrogen-bond donors (Lipinski definition) is 2. The Labute approximate surface area is 99.5 Å². The Bertz CT molecular complexity index is 338. The van der Waals surface area contributed by atoms with Gasteiger partial charge in [-0.05, 0) is 24.0 Å². The number of thioether (sulfide) groups is 1. The molecule has 0 radical (unpaired) electrons. The van der Waals surface area contributed by atoms with E-state index in [2.05, 4.69) is 5.16 Å². The minimum Gasteiger partial charge on any atom is -0.493 e. The number of nitrogens with zero attached hydrogens (tertiary/aromatic N) is 1. The lowest BCUT2D eigenvalue weighted by Crippen LogP contribution is -2.14. The summed E-state index contributed by atoms with van der Waals surface area (Å²) in [6.45, 7) is 0.709. The van der Waals surface area contributed by atoms with Crippen LogP contribution in [0.2, 0.25) is 0 Å².